The lowest BCUT2D eigenvalue weighted by atomic mass is 9.97. The molecule has 2 aromatic carbocycles. The summed E-state index contributed by atoms with van der Waals surface area (Å²) in [7, 11) is 0. The number of nitrogens with one attached hydrogen (secondary N) is 1. The summed E-state index contributed by atoms with van der Waals surface area (Å²) in [6.45, 7) is 1.90. The fraction of sp³-hybridized carbons (Fsp3) is 0.320. The van der Waals surface area contributed by atoms with Crippen molar-refractivity contribution in [2.75, 3.05) is 13.2 Å². The summed E-state index contributed by atoms with van der Waals surface area (Å²) in [5, 5.41) is 3.05. The van der Waals surface area contributed by atoms with Crippen LogP contribution in [0.15, 0.2) is 65.7 Å². The molecule has 0 aromatic heterocycles. The summed E-state index contributed by atoms with van der Waals surface area (Å²) in [6.07, 6.45) is -8.98. The molecule has 10 heteroatoms. The number of rotatable bonds is 3. The van der Waals surface area contributed by atoms with Gasteiger partial charge in [-0.1, -0.05) is 30.3 Å². The zero-order valence-electron chi connectivity index (χ0n) is 18.7. The highest BCUT2D eigenvalue weighted by Crippen LogP contribution is 2.38. The van der Waals surface area contributed by atoms with E-state index < -0.39 is 35.9 Å². The third-order valence-electron chi connectivity index (χ3n) is 5.83. The Kier molecular flexibility index (Phi) is 6.57. The van der Waals surface area contributed by atoms with E-state index in [9.17, 15) is 31.1 Å². The van der Waals surface area contributed by atoms with E-state index in [2.05, 4.69) is 5.32 Å². The molecule has 1 N–H and O–H groups in total. The average Bonchev–Trinajstić information content (AvgIpc) is 2.80. The predicted molar refractivity (Wildman–Crippen MR) is 116 cm³/mol. The SMILES string of the molecule is C/C1=C(\c2ccccc2)C(=O)N(Cc2cc(C(F)(F)F)cc(C(F)(F)F)c2)C2=C(NCCC2)OC1. The first-order valence-corrected chi connectivity index (χ1v) is 10.9. The zero-order chi connectivity index (χ0) is 25.4. The van der Waals surface area contributed by atoms with Gasteiger partial charge in [-0.25, -0.2) is 0 Å². The maximum absolute atomic E-state index is 13.8. The van der Waals surface area contributed by atoms with Crippen molar-refractivity contribution in [1.82, 2.24) is 10.2 Å². The Morgan fingerprint density at radius 3 is 2.20 bits per heavy atom. The van der Waals surface area contributed by atoms with Crippen molar-refractivity contribution in [2.45, 2.75) is 38.7 Å². The van der Waals surface area contributed by atoms with Crippen molar-refractivity contribution in [3.63, 3.8) is 0 Å². The van der Waals surface area contributed by atoms with Crippen molar-refractivity contribution in [3.05, 3.63) is 87.9 Å². The molecule has 2 aliphatic rings. The highest BCUT2D eigenvalue weighted by molar-refractivity contribution is 6.21. The maximum Gasteiger partial charge on any atom is 0.416 e. The lowest BCUT2D eigenvalue weighted by molar-refractivity contribution is -0.143. The maximum atomic E-state index is 13.8. The van der Waals surface area contributed by atoms with Crippen LogP contribution >= 0.6 is 0 Å². The topological polar surface area (TPSA) is 41.6 Å². The van der Waals surface area contributed by atoms with E-state index in [4.69, 9.17) is 4.74 Å². The van der Waals surface area contributed by atoms with Gasteiger partial charge in [0.15, 0.2) is 0 Å². The summed E-state index contributed by atoms with van der Waals surface area (Å²) in [5.41, 5.74) is -1.28. The van der Waals surface area contributed by atoms with Crippen LogP contribution < -0.4 is 5.32 Å². The normalized spacial score (nSPS) is 19.5. The zero-order valence-corrected chi connectivity index (χ0v) is 18.7. The minimum absolute atomic E-state index is 0.0776. The first-order chi connectivity index (χ1) is 16.4. The largest absolute Gasteiger partial charge is 0.473 e. The number of allylic oxidation sites excluding steroid dienone is 1. The molecule has 4 nitrogen and oxygen atoms in total. The van der Waals surface area contributed by atoms with Crippen molar-refractivity contribution < 1.29 is 35.9 Å². The van der Waals surface area contributed by atoms with Crippen LogP contribution in [0.3, 0.4) is 0 Å². The number of alkyl halides is 6. The number of hydrogen-bond acceptors (Lipinski definition) is 3. The van der Waals surface area contributed by atoms with E-state index in [1.165, 1.54) is 4.90 Å². The third-order valence-corrected chi connectivity index (χ3v) is 5.83. The van der Waals surface area contributed by atoms with Crippen molar-refractivity contribution >= 4 is 11.5 Å². The number of carbonyl (C=O) groups is 1. The molecule has 0 spiro atoms. The van der Waals surface area contributed by atoms with Gasteiger partial charge in [-0.2, -0.15) is 26.3 Å². The Balaban J connectivity index is 1.84. The van der Waals surface area contributed by atoms with Gasteiger partial charge < -0.3 is 15.0 Å². The summed E-state index contributed by atoms with van der Waals surface area (Å²) < 4.78 is 86.4. The number of benzene rings is 2. The van der Waals surface area contributed by atoms with Gasteiger partial charge in [0.1, 0.15) is 6.61 Å². The minimum atomic E-state index is -4.98. The Morgan fingerprint density at radius 2 is 1.60 bits per heavy atom. The average molecular weight is 496 g/mol. The molecule has 2 heterocycles. The Hall–Kier alpha value is -3.43. The number of amides is 1. The lowest BCUT2D eigenvalue weighted by Crippen LogP contribution is -2.38. The van der Waals surface area contributed by atoms with Crippen LogP contribution in [0.25, 0.3) is 5.57 Å². The molecule has 0 aliphatic carbocycles. The van der Waals surface area contributed by atoms with Crippen LogP contribution in [-0.4, -0.2) is 24.0 Å². The Labute approximate surface area is 197 Å². The Morgan fingerprint density at radius 1 is 0.971 bits per heavy atom. The highest BCUT2D eigenvalue weighted by Gasteiger charge is 2.38. The molecular weight excluding hydrogens is 474 g/mol. The van der Waals surface area contributed by atoms with Crippen molar-refractivity contribution in [3.8, 4) is 0 Å². The quantitative estimate of drug-likeness (QED) is 0.522. The van der Waals surface area contributed by atoms with E-state index >= 15 is 0 Å². The number of ether oxygens (including phenoxy) is 1. The second kappa shape index (κ2) is 9.31. The fourth-order valence-corrected chi connectivity index (χ4v) is 4.19. The molecule has 0 saturated carbocycles. The van der Waals surface area contributed by atoms with Crippen LogP contribution in [0.4, 0.5) is 26.3 Å². The van der Waals surface area contributed by atoms with Crippen LogP contribution in [0, 0.1) is 0 Å². The highest BCUT2D eigenvalue weighted by atomic mass is 19.4. The van der Waals surface area contributed by atoms with E-state index in [0.717, 1.165) is 0 Å². The molecular formula is C25H22F6N2O2. The molecule has 0 fully saturated rings. The van der Waals surface area contributed by atoms with Crippen LogP contribution in [0.5, 0.6) is 0 Å². The molecule has 0 saturated heterocycles. The molecule has 2 aromatic rings. The molecule has 2 aliphatic heterocycles. The fourth-order valence-electron chi connectivity index (χ4n) is 4.19. The number of hydrogen-bond donors (Lipinski definition) is 1. The summed E-state index contributed by atoms with van der Waals surface area (Å²) in [5.74, 6) is -0.210. The van der Waals surface area contributed by atoms with Gasteiger partial charge in [-0.05, 0) is 54.7 Å². The molecule has 0 unspecified atom stereocenters. The van der Waals surface area contributed by atoms with Gasteiger partial charge in [0.25, 0.3) is 5.91 Å². The van der Waals surface area contributed by atoms with Gasteiger partial charge in [-0.3, -0.25) is 4.79 Å². The number of carbonyl (C=O) groups excluding carboxylic acids is 1. The standard InChI is InChI=1S/C25H22F6N2O2/c1-15-14-35-22-20(8-5-9-32-22)33(23(34)21(15)17-6-3-2-4-7-17)13-16-10-18(24(26,27)28)12-19(11-16)25(29,30)31/h2-4,6-7,10-12,32H,5,8-9,13-14H2,1H3/b21-15-. The van der Waals surface area contributed by atoms with E-state index in [0.29, 0.717) is 59.8 Å². The number of halogens is 6. The van der Waals surface area contributed by atoms with Crippen LogP contribution in [0.1, 0.15) is 42.0 Å². The third kappa shape index (κ3) is 5.31. The minimum Gasteiger partial charge on any atom is -0.473 e. The van der Waals surface area contributed by atoms with Crippen molar-refractivity contribution in [2.24, 2.45) is 0 Å². The second-order valence-electron chi connectivity index (χ2n) is 8.42. The molecule has 0 radical (unpaired) electrons. The molecule has 4 rings (SSSR count). The predicted octanol–water partition coefficient (Wildman–Crippen LogP) is 6.11. The second-order valence-corrected chi connectivity index (χ2v) is 8.42. The van der Waals surface area contributed by atoms with Gasteiger partial charge in [0.05, 0.1) is 23.4 Å². The van der Waals surface area contributed by atoms with E-state index in [-0.39, 0.29) is 18.2 Å². The summed E-state index contributed by atoms with van der Waals surface area (Å²) >= 11 is 0. The van der Waals surface area contributed by atoms with Gasteiger partial charge in [0, 0.05) is 12.1 Å². The summed E-state index contributed by atoms with van der Waals surface area (Å²) in [6, 6.07) is 10.1. The van der Waals surface area contributed by atoms with Gasteiger partial charge in [0.2, 0.25) is 5.88 Å². The molecule has 35 heavy (non-hydrogen) atoms. The van der Waals surface area contributed by atoms with Gasteiger partial charge >= 0.3 is 12.4 Å². The molecule has 186 valence electrons. The van der Waals surface area contributed by atoms with Gasteiger partial charge in [-0.15, -0.1) is 0 Å². The first-order valence-electron chi connectivity index (χ1n) is 10.9. The lowest BCUT2D eigenvalue weighted by Gasteiger charge is -2.34. The molecule has 0 bridgehead atoms. The van der Waals surface area contributed by atoms with E-state index in [1.54, 1.807) is 37.3 Å². The van der Waals surface area contributed by atoms with Crippen LogP contribution in [0.2, 0.25) is 0 Å². The first kappa shape index (κ1) is 24.7. The Bertz CT molecular complexity index is 1150. The smallest absolute Gasteiger partial charge is 0.416 e. The number of nitrogens with zero attached hydrogens (tertiary/aromatic N) is 1. The molecule has 0 atom stereocenters. The monoisotopic (exact) mass is 496 g/mol. The van der Waals surface area contributed by atoms with E-state index in [1.807, 2.05) is 0 Å². The molecule has 1 amide bonds. The summed E-state index contributed by atoms with van der Waals surface area (Å²) in [4.78, 5) is 15.1. The van der Waals surface area contributed by atoms with Crippen LogP contribution in [-0.2, 0) is 28.4 Å². The van der Waals surface area contributed by atoms with Crippen molar-refractivity contribution in [1.29, 1.82) is 0 Å².